The Morgan fingerprint density at radius 3 is 2.56 bits per heavy atom. The highest BCUT2D eigenvalue weighted by molar-refractivity contribution is 7.94. The van der Waals surface area contributed by atoms with E-state index in [9.17, 15) is 18.0 Å². The average Bonchev–Trinajstić information content (AvgIpc) is 3.38. The first-order chi connectivity index (χ1) is 16.3. The Morgan fingerprint density at radius 1 is 1.12 bits per heavy atom. The number of likely N-dealkylation sites (tertiary alicyclic amines) is 1. The van der Waals surface area contributed by atoms with Crippen molar-refractivity contribution in [1.82, 2.24) is 10.2 Å². The summed E-state index contributed by atoms with van der Waals surface area (Å²) in [5.41, 5.74) is 1.86. The minimum Gasteiger partial charge on any atom is -0.348 e. The van der Waals surface area contributed by atoms with Crippen molar-refractivity contribution in [3.05, 3.63) is 41.3 Å². The zero-order chi connectivity index (χ0) is 24.3. The van der Waals surface area contributed by atoms with E-state index in [1.807, 2.05) is 6.07 Å². The lowest BCUT2D eigenvalue weighted by molar-refractivity contribution is -0.136. The third-order valence-electron chi connectivity index (χ3n) is 6.60. The lowest BCUT2D eigenvalue weighted by Crippen LogP contribution is -2.43. The third-order valence-corrected chi connectivity index (χ3v) is 9.78. The summed E-state index contributed by atoms with van der Waals surface area (Å²) >= 11 is 1.18. The second-order valence-corrected chi connectivity index (χ2v) is 12.2. The van der Waals surface area contributed by atoms with Gasteiger partial charge in [0, 0.05) is 24.8 Å². The van der Waals surface area contributed by atoms with Gasteiger partial charge in [-0.05, 0) is 87.7 Å². The van der Waals surface area contributed by atoms with E-state index < -0.39 is 21.8 Å². The summed E-state index contributed by atoms with van der Waals surface area (Å²) in [7, 11) is -3.67. The number of amides is 2. The molecule has 2 amide bonds. The van der Waals surface area contributed by atoms with Crippen LogP contribution in [0.1, 0.15) is 38.7 Å². The molecule has 3 heterocycles. The van der Waals surface area contributed by atoms with Crippen molar-refractivity contribution in [3.8, 4) is 0 Å². The number of nitrogens with zero attached hydrogens (tertiary/aromatic N) is 2. The van der Waals surface area contributed by atoms with Gasteiger partial charge in [0.15, 0.2) is 0 Å². The summed E-state index contributed by atoms with van der Waals surface area (Å²) in [5, 5.41) is 7.12. The fraction of sp³-hybridized carbons (Fsp3) is 0.500. The molecule has 10 heteroatoms. The molecule has 2 aromatic rings. The van der Waals surface area contributed by atoms with Crippen LogP contribution in [0, 0.1) is 5.92 Å². The maximum absolute atomic E-state index is 13.1. The molecule has 8 nitrogen and oxygen atoms in total. The van der Waals surface area contributed by atoms with E-state index in [4.69, 9.17) is 0 Å². The molecular weight excluding hydrogens is 472 g/mol. The maximum atomic E-state index is 13.1. The van der Waals surface area contributed by atoms with Crippen molar-refractivity contribution in [1.29, 1.82) is 0 Å². The Hall–Kier alpha value is -2.43. The van der Waals surface area contributed by atoms with Gasteiger partial charge in [0.1, 0.15) is 4.21 Å². The van der Waals surface area contributed by atoms with Crippen molar-refractivity contribution < 1.29 is 18.0 Å². The first-order valence-electron chi connectivity index (χ1n) is 11.8. The number of carbonyl (C=O) groups excluding carboxylic acids is 2. The SMILES string of the molecule is CC(C)N1CCC(CNC(=O)C(=O)Nc2ccc3c(c2)N(S(=O)(=O)c2cccs2)CCC3)CC1. The number of benzene rings is 1. The summed E-state index contributed by atoms with van der Waals surface area (Å²) in [6, 6.07) is 9.01. The molecule has 4 rings (SSSR count). The van der Waals surface area contributed by atoms with Crippen molar-refractivity contribution in [2.75, 3.05) is 35.8 Å². The molecule has 1 fully saturated rings. The Balaban J connectivity index is 1.38. The molecule has 2 aliphatic rings. The maximum Gasteiger partial charge on any atom is 0.313 e. The molecule has 0 unspecified atom stereocenters. The highest BCUT2D eigenvalue weighted by Crippen LogP contribution is 2.35. The number of hydrogen-bond acceptors (Lipinski definition) is 6. The number of nitrogens with one attached hydrogen (secondary N) is 2. The lowest BCUT2D eigenvalue weighted by Gasteiger charge is -2.34. The Morgan fingerprint density at radius 2 is 1.88 bits per heavy atom. The van der Waals surface area contributed by atoms with E-state index in [-0.39, 0.29) is 4.21 Å². The molecule has 0 aliphatic carbocycles. The number of anilines is 2. The van der Waals surface area contributed by atoms with Crippen LogP contribution in [0.3, 0.4) is 0 Å². The lowest BCUT2D eigenvalue weighted by atomic mass is 9.96. The number of piperidine rings is 1. The normalized spacial score (nSPS) is 17.4. The van der Waals surface area contributed by atoms with Gasteiger partial charge in [-0.25, -0.2) is 8.42 Å². The average molecular weight is 505 g/mol. The van der Waals surface area contributed by atoms with E-state index in [1.54, 1.807) is 29.6 Å². The van der Waals surface area contributed by atoms with Crippen molar-refractivity contribution in [3.63, 3.8) is 0 Å². The van der Waals surface area contributed by atoms with Gasteiger partial charge in [-0.1, -0.05) is 12.1 Å². The second kappa shape index (κ2) is 10.5. The van der Waals surface area contributed by atoms with Gasteiger partial charge in [0.05, 0.1) is 5.69 Å². The highest BCUT2D eigenvalue weighted by Gasteiger charge is 2.30. The van der Waals surface area contributed by atoms with Crippen LogP contribution in [0.5, 0.6) is 0 Å². The number of rotatable bonds is 6. The van der Waals surface area contributed by atoms with Crippen molar-refractivity contribution in [2.45, 2.75) is 49.8 Å². The predicted octanol–water partition coefficient (Wildman–Crippen LogP) is 3.06. The molecule has 2 N–H and O–H groups in total. The van der Waals surface area contributed by atoms with Crippen LogP contribution in [0.15, 0.2) is 39.9 Å². The molecule has 0 radical (unpaired) electrons. The number of thiophene rings is 1. The number of hydrogen-bond donors (Lipinski definition) is 2. The van der Waals surface area contributed by atoms with E-state index in [0.29, 0.717) is 36.4 Å². The van der Waals surface area contributed by atoms with Crippen LogP contribution >= 0.6 is 11.3 Å². The zero-order valence-corrected chi connectivity index (χ0v) is 21.3. The number of carbonyl (C=O) groups is 2. The fourth-order valence-electron chi connectivity index (χ4n) is 4.57. The smallest absolute Gasteiger partial charge is 0.313 e. The number of aryl methyl sites for hydroxylation is 1. The molecule has 1 aromatic carbocycles. The molecule has 0 atom stereocenters. The van der Waals surface area contributed by atoms with Gasteiger partial charge in [0.2, 0.25) is 0 Å². The van der Waals surface area contributed by atoms with E-state index in [1.165, 1.54) is 15.6 Å². The molecule has 0 spiro atoms. The molecule has 2 aliphatic heterocycles. The van der Waals surface area contributed by atoms with Gasteiger partial charge in [-0.15, -0.1) is 11.3 Å². The number of fused-ring (bicyclic) bond motifs is 1. The summed E-state index contributed by atoms with van der Waals surface area (Å²) in [4.78, 5) is 27.3. The van der Waals surface area contributed by atoms with E-state index in [2.05, 4.69) is 29.4 Å². The summed E-state index contributed by atoms with van der Waals surface area (Å²) in [6.45, 7) is 7.23. The van der Waals surface area contributed by atoms with Crippen LogP contribution < -0.4 is 14.9 Å². The standard InChI is InChI=1S/C24H32N4O4S2/c1-17(2)27-12-9-18(10-13-27)16-25-23(29)24(30)26-20-8-7-19-5-3-11-28(21(19)15-20)34(31,32)22-6-4-14-33-22/h4,6-8,14-15,17-18H,3,5,9-13,16H2,1-2H3,(H,25,29)(H,26,30). The minimum absolute atomic E-state index is 0.286. The Labute approximate surface area is 205 Å². The fourth-order valence-corrected chi connectivity index (χ4v) is 7.20. The zero-order valence-electron chi connectivity index (χ0n) is 19.6. The van der Waals surface area contributed by atoms with Gasteiger partial charge in [0.25, 0.3) is 10.0 Å². The van der Waals surface area contributed by atoms with Crippen LogP contribution in [0.25, 0.3) is 0 Å². The second-order valence-electron chi connectivity index (χ2n) is 9.19. The van der Waals surface area contributed by atoms with Crippen molar-refractivity contribution >= 4 is 44.5 Å². The molecule has 0 bridgehead atoms. The predicted molar refractivity (Wildman–Crippen MR) is 135 cm³/mol. The van der Waals surface area contributed by atoms with E-state index >= 15 is 0 Å². The summed E-state index contributed by atoms with van der Waals surface area (Å²) in [5.74, 6) is -1.05. The highest BCUT2D eigenvalue weighted by atomic mass is 32.2. The van der Waals surface area contributed by atoms with Crippen LogP contribution in [-0.4, -0.2) is 57.4 Å². The van der Waals surface area contributed by atoms with E-state index in [0.717, 1.165) is 44.3 Å². The first-order valence-corrected chi connectivity index (χ1v) is 14.1. The van der Waals surface area contributed by atoms with Crippen LogP contribution in [0.4, 0.5) is 11.4 Å². The molecule has 184 valence electrons. The van der Waals surface area contributed by atoms with Crippen molar-refractivity contribution in [2.24, 2.45) is 5.92 Å². The molecule has 1 saturated heterocycles. The monoisotopic (exact) mass is 504 g/mol. The molecule has 34 heavy (non-hydrogen) atoms. The van der Waals surface area contributed by atoms with Crippen LogP contribution in [-0.2, 0) is 26.0 Å². The third kappa shape index (κ3) is 5.45. The van der Waals surface area contributed by atoms with Gasteiger partial charge in [-0.2, -0.15) is 0 Å². The first kappa shape index (κ1) is 24.7. The molecule has 0 saturated carbocycles. The Kier molecular flexibility index (Phi) is 7.59. The number of sulfonamides is 1. The Bertz CT molecular complexity index is 1120. The summed E-state index contributed by atoms with van der Waals surface area (Å²) < 4.78 is 27.9. The van der Waals surface area contributed by atoms with Crippen LogP contribution in [0.2, 0.25) is 0 Å². The van der Waals surface area contributed by atoms with Gasteiger partial charge in [-0.3, -0.25) is 13.9 Å². The molecule has 1 aromatic heterocycles. The quantitative estimate of drug-likeness (QED) is 0.589. The summed E-state index contributed by atoms with van der Waals surface area (Å²) in [6.07, 6.45) is 3.48. The topological polar surface area (TPSA) is 98.8 Å². The largest absolute Gasteiger partial charge is 0.348 e. The van der Waals surface area contributed by atoms with Gasteiger partial charge >= 0.3 is 11.8 Å². The molecular formula is C24H32N4O4S2. The van der Waals surface area contributed by atoms with Gasteiger partial charge < -0.3 is 15.5 Å². The minimum atomic E-state index is -3.67.